The van der Waals surface area contributed by atoms with Gasteiger partial charge in [0.1, 0.15) is 0 Å². The maximum atomic E-state index is 12.1. The lowest BCUT2D eigenvalue weighted by Gasteiger charge is -2.06. The number of pyridine rings is 2. The second-order valence-electron chi connectivity index (χ2n) is 4.88. The van der Waals surface area contributed by atoms with Crippen molar-refractivity contribution in [3.05, 3.63) is 70.3 Å². The number of rotatable bonds is 4. The molecule has 0 atom stereocenters. The van der Waals surface area contributed by atoms with Crippen LogP contribution in [0.3, 0.4) is 0 Å². The van der Waals surface area contributed by atoms with Crippen LogP contribution in [0.1, 0.15) is 20.1 Å². The summed E-state index contributed by atoms with van der Waals surface area (Å²) in [7, 11) is 0. The van der Waals surface area contributed by atoms with Crippen LogP contribution in [-0.2, 0) is 6.54 Å². The zero-order valence-corrected chi connectivity index (χ0v) is 12.9. The van der Waals surface area contributed by atoms with Gasteiger partial charge in [-0.15, -0.1) is 11.3 Å². The van der Waals surface area contributed by atoms with Gasteiger partial charge in [0.2, 0.25) is 0 Å². The van der Waals surface area contributed by atoms with E-state index in [1.165, 1.54) is 11.3 Å². The summed E-state index contributed by atoms with van der Waals surface area (Å²) in [5, 5.41) is 2.94. The zero-order chi connectivity index (χ0) is 15.4. The Hall–Kier alpha value is -2.53. The van der Waals surface area contributed by atoms with Crippen molar-refractivity contribution < 1.29 is 4.79 Å². The topological polar surface area (TPSA) is 54.9 Å². The predicted molar refractivity (Wildman–Crippen MR) is 87.7 cm³/mol. The molecule has 3 aromatic rings. The fourth-order valence-electron chi connectivity index (χ4n) is 2.08. The first-order valence-corrected chi connectivity index (χ1v) is 7.74. The van der Waals surface area contributed by atoms with Gasteiger partial charge in [-0.1, -0.05) is 0 Å². The smallest absolute Gasteiger partial charge is 0.261 e. The zero-order valence-electron chi connectivity index (χ0n) is 12.1. The molecule has 0 spiro atoms. The molecule has 0 saturated heterocycles. The number of carbonyl (C=O) groups is 1. The van der Waals surface area contributed by atoms with Crippen LogP contribution in [0.5, 0.6) is 0 Å². The first-order chi connectivity index (χ1) is 10.7. The third-order valence-electron chi connectivity index (χ3n) is 3.20. The molecule has 0 aliphatic rings. The molecule has 0 aliphatic carbocycles. The van der Waals surface area contributed by atoms with Gasteiger partial charge in [0, 0.05) is 35.6 Å². The van der Waals surface area contributed by atoms with Crippen molar-refractivity contribution in [2.45, 2.75) is 13.5 Å². The third kappa shape index (κ3) is 3.38. The number of thiophene rings is 1. The largest absolute Gasteiger partial charge is 0.347 e. The monoisotopic (exact) mass is 309 g/mol. The first-order valence-electron chi connectivity index (χ1n) is 6.92. The molecule has 3 aromatic heterocycles. The molecule has 3 rings (SSSR count). The van der Waals surface area contributed by atoms with Crippen LogP contribution in [-0.4, -0.2) is 15.9 Å². The van der Waals surface area contributed by atoms with Crippen LogP contribution in [0.4, 0.5) is 0 Å². The lowest BCUT2D eigenvalue weighted by atomic mass is 10.1. The number of aromatic nitrogens is 2. The molecular formula is C17H15N3OS. The maximum absolute atomic E-state index is 12.1. The average molecular weight is 309 g/mol. The molecular weight excluding hydrogens is 294 g/mol. The number of carbonyl (C=O) groups excluding carboxylic acids is 1. The molecule has 1 N–H and O–H groups in total. The van der Waals surface area contributed by atoms with Crippen molar-refractivity contribution in [3.63, 3.8) is 0 Å². The third-order valence-corrected chi connectivity index (χ3v) is 4.20. The van der Waals surface area contributed by atoms with E-state index in [-0.39, 0.29) is 5.91 Å². The Labute approximate surface area is 132 Å². The fraction of sp³-hybridized carbons (Fsp3) is 0.118. The summed E-state index contributed by atoms with van der Waals surface area (Å²) in [6.45, 7) is 2.47. The van der Waals surface area contributed by atoms with Crippen LogP contribution in [0.15, 0.2) is 55.0 Å². The van der Waals surface area contributed by atoms with Crippen molar-refractivity contribution in [1.82, 2.24) is 15.3 Å². The number of hydrogen-bond donors (Lipinski definition) is 1. The molecule has 0 aromatic carbocycles. The number of nitrogens with zero attached hydrogens (tertiary/aromatic N) is 2. The van der Waals surface area contributed by atoms with Crippen LogP contribution in [0, 0.1) is 6.92 Å². The molecule has 110 valence electrons. The summed E-state index contributed by atoms with van der Waals surface area (Å²) < 4.78 is 0. The summed E-state index contributed by atoms with van der Waals surface area (Å²) in [5.74, 6) is -0.0437. The highest BCUT2D eigenvalue weighted by molar-refractivity contribution is 7.13. The second kappa shape index (κ2) is 6.49. The fourth-order valence-corrected chi connectivity index (χ4v) is 2.87. The predicted octanol–water partition coefficient (Wildman–Crippen LogP) is 3.44. The van der Waals surface area contributed by atoms with Gasteiger partial charge in [-0.25, -0.2) is 0 Å². The SMILES string of the molecule is Cc1ccc(C(=O)NCc2ccnc(-c3cccnc3)c2)s1. The molecule has 0 fully saturated rings. The van der Waals surface area contributed by atoms with Crippen LogP contribution >= 0.6 is 11.3 Å². The highest BCUT2D eigenvalue weighted by Gasteiger charge is 2.08. The molecule has 0 unspecified atom stereocenters. The Morgan fingerprint density at radius 1 is 1.23 bits per heavy atom. The highest BCUT2D eigenvalue weighted by atomic mass is 32.1. The molecule has 0 saturated carbocycles. The van der Waals surface area contributed by atoms with Crippen molar-refractivity contribution in [3.8, 4) is 11.3 Å². The van der Waals surface area contributed by atoms with Crippen molar-refractivity contribution in [2.75, 3.05) is 0 Å². The summed E-state index contributed by atoms with van der Waals surface area (Å²) in [4.78, 5) is 22.4. The normalized spacial score (nSPS) is 10.4. The van der Waals surface area contributed by atoms with Gasteiger partial charge in [-0.3, -0.25) is 14.8 Å². The second-order valence-corrected chi connectivity index (χ2v) is 6.17. The molecule has 4 nitrogen and oxygen atoms in total. The molecule has 3 heterocycles. The van der Waals surface area contributed by atoms with Crippen LogP contribution in [0.2, 0.25) is 0 Å². The minimum atomic E-state index is -0.0437. The van der Waals surface area contributed by atoms with Gasteiger partial charge >= 0.3 is 0 Å². The van der Waals surface area contributed by atoms with E-state index in [4.69, 9.17) is 0 Å². The van der Waals surface area contributed by atoms with Gasteiger partial charge < -0.3 is 5.32 Å². The first kappa shape index (κ1) is 14.4. The summed E-state index contributed by atoms with van der Waals surface area (Å²) in [6, 6.07) is 11.5. The van der Waals surface area contributed by atoms with E-state index in [0.717, 1.165) is 26.6 Å². The van der Waals surface area contributed by atoms with Gasteiger partial charge in [-0.05, 0) is 48.9 Å². The van der Waals surface area contributed by atoms with E-state index in [1.807, 2.05) is 43.3 Å². The Morgan fingerprint density at radius 3 is 2.86 bits per heavy atom. The number of amides is 1. The van der Waals surface area contributed by atoms with Crippen molar-refractivity contribution >= 4 is 17.2 Å². The molecule has 0 aliphatic heterocycles. The lowest BCUT2D eigenvalue weighted by molar-refractivity contribution is 0.0955. The Morgan fingerprint density at radius 2 is 2.14 bits per heavy atom. The quantitative estimate of drug-likeness (QED) is 0.803. The van der Waals surface area contributed by atoms with Gasteiger partial charge in [-0.2, -0.15) is 0 Å². The van der Waals surface area contributed by atoms with Gasteiger partial charge in [0.15, 0.2) is 0 Å². The summed E-state index contributed by atoms with van der Waals surface area (Å²) in [6.07, 6.45) is 5.26. The number of hydrogen-bond acceptors (Lipinski definition) is 4. The van der Waals surface area contributed by atoms with Crippen molar-refractivity contribution in [1.29, 1.82) is 0 Å². The highest BCUT2D eigenvalue weighted by Crippen LogP contribution is 2.17. The number of nitrogens with one attached hydrogen (secondary N) is 1. The minimum absolute atomic E-state index is 0.0437. The molecule has 1 amide bonds. The van der Waals surface area contributed by atoms with Crippen LogP contribution in [0.25, 0.3) is 11.3 Å². The number of aryl methyl sites for hydroxylation is 1. The van der Waals surface area contributed by atoms with E-state index >= 15 is 0 Å². The van der Waals surface area contributed by atoms with Gasteiger partial charge in [0.25, 0.3) is 5.91 Å². The van der Waals surface area contributed by atoms with E-state index in [9.17, 15) is 4.79 Å². The van der Waals surface area contributed by atoms with E-state index in [2.05, 4.69) is 15.3 Å². The molecule has 22 heavy (non-hydrogen) atoms. The lowest BCUT2D eigenvalue weighted by Crippen LogP contribution is -2.21. The average Bonchev–Trinajstić information content (AvgIpc) is 3.00. The maximum Gasteiger partial charge on any atom is 0.261 e. The van der Waals surface area contributed by atoms with Crippen molar-refractivity contribution in [2.24, 2.45) is 0 Å². The Kier molecular flexibility index (Phi) is 4.25. The van der Waals surface area contributed by atoms with Gasteiger partial charge in [0.05, 0.1) is 10.6 Å². The Balaban J connectivity index is 1.70. The van der Waals surface area contributed by atoms with E-state index in [1.54, 1.807) is 18.6 Å². The van der Waals surface area contributed by atoms with Crippen LogP contribution < -0.4 is 5.32 Å². The van der Waals surface area contributed by atoms with E-state index in [0.29, 0.717) is 6.54 Å². The molecule has 0 radical (unpaired) electrons. The standard InChI is InChI=1S/C17H15N3OS/c1-12-4-5-16(22-12)17(21)20-10-13-6-8-19-15(9-13)14-3-2-7-18-11-14/h2-9,11H,10H2,1H3,(H,20,21). The minimum Gasteiger partial charge on any atom is -0.347 e. The van der Waals surface area contributed by atoms with E-state index < -0.39 is 0 Å². The summed E-state index contributed by atoms with van der Waals surface area (Å²) in [5.41, 5.74) is 2.83. The Bertz CT molecular complexity index is 783. The molecule has 5 heteroatoms. The summed E-state index contributed by atoms with van der Waals surface area (Å²) >= 11 is 1.50. The molecule has 0 bridgehead atoms.